The van der Waals surface area contributed by atoms with Crippen LogP contribution in [0, 0.1) is 0 Å². The molecule has 1 aliphatic heterocycles. The van der Waals surface area contributed by atoms with Gasteiger partial charge in [-0.1, -0.05) is 68.3 Å². The second kappa shape index (κ2) is 8.17. The fraction of sp³-hybridized carbons (Fsp3) is 0.0526. The molecule has 0 N–H and O–H groups in total. The predicted molar refractivity (Wildman–Crippen MR) is 109 cm³/mol. The molecular weight excluding hydrogens is 466 g/mol. The average Bonchev–Trinajstić information content (AvgIpc) is 2.86. The summed E-state index contributed by atoms with van der Waals surface area (Å²) in [6.07, 6.45) is 5.38. The Kier molecular flexibility index (Phi) is 5.93. The molecule has 0 aromatic heterocycles. The van der Waals surface area contributed by atoms with Gasteiger partial charge in [-0.2, -0.15) is 0 Å². The molecule has 0 atom stereocenters. The molecule has 25 heavy (non-hydrogen) atoms. The van der Waals surface area contributed by atoms with Crippen LogP contribution in [0.25, 0.3) is 6.08 Å². The molecule has 1 aliphatic rings. The van der Waals surface area contributed by atoms with E-state index in [1.807, 2.05) is 54.6 Å². The van der Waals surface area contributed by atoms with Crippen molar-refractivity contribution in [3.63, 3.8) is 0 Å². The molecule has 0 radical (unpaired) electrons. The van der Waals surface area contributed by atoms with Crippen molar-refractivity contribution in [3.05, 3.63) is 85.7 Å². The van der Waals surface area contributed by atoms with E-state index in [0.717, 1.165) is 31.8 Å². The minimum Gasteiger partial charge on any atom is -0.268 e. The van der Waals surface area contributed by atoms with E-state index in [1.165, 1.54) is 4.90 Å². The van der Waals surface area contributed by atoms with E-state index < -0.39 is 0 Å². The van der Waals surface area contributed by atoms with Crippen LogP contribution in [0.3, 0.4) is 0 Å². The van der Waals surface area contributed by atoms with E-state index in [4.69, 9.17) is 0 Å². The first-order valence-electron chi connectivity index (χ1n) is 7.45. The molecule has 2 aromatic rings. The third-order valence-corrected chi connectivity index (χ3v) is 5.52. The van der Waals surface area contributed by atoms with Crippen molar-refractivity contribution in [2.24, 2.45) is 0 Å². The van der Waals surface area contributed by atoms with Gasteiger partial charge in [0.25, 0.3) is 11.1 Å². The van der Waals surface area contributed by atoms with Crippen LogP contribution in [0.4, 0.5) is 4.79 Å². The lowest BCUT2D eigenvalue weighted by atomic mass is 10.2. The highest BCUT2D eigenvalue weighted by Gasteiger charge is 2.34. The zero-order valence-corrected chi connectivity index (χ0v) is 17.0. The molecule has 0 bridgehead atoms. The number of benzene rings is 2. The first-order chi connectivity index (χ1) is 12.0. The number of carbonyl (C=O) groups excluding carboxylic acids is 2. The third kappa shape index (κ3) is 4.71. The molecule has 2 aromatic carbocycles. The molecule has 6 heteroatoms. The van der Waals surface area contributed by atoms with Gasteiger partial charge < -0.3 is 0 Å². The Labute approximate surface area is 167 Å². The first-order valence-corrected chi connectivity index (χ1v) is 9.85. The Morgan fingerprint density at radius 2 is 1.52 bits per heavy atom. The van der Waals surface area contributed by atoms with Crippen LogP contribution in [-0.4, -0.2) is 16.0 Å². The largest absolute Gasteiger partial charge is 0.293 e. The molecule has 2 amide bonds. The maximum Gasteiger partial charge on any atom is 0.293 e. The molecular formula is C19H13Br2NO2S. The summed E-state index contributed by atoms with van der Waals surface area (Å²) in [7, 11) is 0. The summed E-state index contributed by atoms with van der Waals surface area (Å²) in [6.45, 7) is 0.283. The fourth-order valence-electron chi connectivity index (χ4n) is 2.24. The van der Waals surface area contributed by atoms with Gasteiger partial charge in [0, 0.05) is 8.95 Å². The molecule has 3 rings (SSSR count). The summed E-state index contributed by atoms with van der Waals surface area (Å²) >= 11 is 7.73. The third-order valence-electron chi connectivity index (χ3n) is 3.53. The second-order valence-corrected chi connectivity index (χ2v) is 8.15. The Bertz CT molecular complexity index is 858. The van der Waals surface area contributed by atoms with Crippen molar-refractivity contribution >= 4 is 60.8 Å². The van der Waals surface area contributed by atoms with Gasteiger partial charge in [-0.3, -0.25) is 14.5 Å². The van der Waals surface area contributed by atoms with Gasteiger partial charge in [0.1, 0.15) is 0 Å². The topological polar surface area (TPSA) is 37.4 Å². The lowest BCUT2D eigenvalue weighted by Gasteiger charge is -2.12. The Morgan fingerprint density at radius 3 is 2.16 bits per heavy atom. The highest BCUT2D eigenvalue weighted by atomic mass is 79.9. The zero-order valence-electron chi connectivity index (χ0n) is 13.0. The number of amides is 2. The van der Waals surface area contributed by atoms with Gasteiger partial charge in [0.15, 0.2) is 0 Å². The lowest BCUT2D eigenvalue weighted by Crippen LogP contribution is -2.27. The van der Waals surface area contributed by atoms with Crippen LogP contribution in [0.2, 0.25) is 0 Å². The van der Waals surface area contributed by atoms with Crippen LogP contribution in [0.5, 0.6) is 0 Å². The van der Waals surface area contributed by atoms with E-state index in [0.29, 0.717) is 4.91 Å². The summed E-state index contributed by atoms with van der Waals surface area (Å²) in [5.41, 5.74) is 1.94. The van der Waals surface area contributed by atoms with Crippen molar-refractivity contribution in [3.8, 4) is 0 Å². The van der Waals surface area contributed by atoms with Crippen molar-refractivity contribution in [2.75, 3.05) is 0 Å². The highest BCUT2D eigenvalue weighted by molar-refractivity contribution is 9.10. The summed E-state index contributed by atoms with van der Waals surface area (Å²) < 4.78 is 1.97. The minimum atomic E-state index is -0.252. The van der Waals surface area contributed by atoms with Gasteiger partial charge >= 0.3 is 0 Å². The molecule has 0 aliphatic carbocycles. The molecule has 0 saturated carbocycles. The molecule has 0 spiro atoms. The minimum absolute atomic E-state index is 0.240. The van der Waals surface area contributed by atoms with Crippen molar-refractivity contribution in [2.45, 2.75) is 6.54 Å². The zero-order chi connectivity index (χ0) is 17.8. The molecule has 3 nitrogen and oxygen atoms in total. The Balaban J connectivity index is 1.69. The van der Waals surface area contributed by atoms with Gasteiger partial charge in [0.05, 0.1) is 11.4 Å². The van der Waals surface area contributed by atoms with E-state index >= 15 is 0 Å². The van der Waals surface area contributed by atoms with Gasteiger partial charge in [-0.05, 0) is 53.2 Å². The van der Waals surface area contributed by atoms with Crippen LogP contribution in [-0.2, 0) is 11.3 Å². The van der Waals surface area contributed by atoms with Crippen LogP contribution in [0.15, 0.2) is 74.5 Å². The smallest absolute Gasteiger partial charge is 0.268 e. The van der Waals surface area contributed by atoms with Gasteiger partial charge in [-0.25, -0.2) is 0 Å². The van der Waals surface area contributed by atoms with Gasteiger partial charge in [0.2, 0.25) is 0 Å². The molecule has 1 heterocycles. The van der Waals surface area contributed by atoms with Crippen molar-refractivity contribution < 1.29 is 9.59 Å². The molecule has 0 unspecified atom stereocenters. The number of halogens is 2. The molecule has 1 saturated heterocycles. The standard InChI is InChI=1S/C19H13Br2NO2S/c20-15-8-4-13(5-9-15)2-1-3-17-18(23)22(19(24)25-17)12-14-6-10-16(21)11-7-14/h1-11H,12H2/b2-1+,17-3-. The number of rotatable bonds is 4. The Morgan fingerprint density at radius 1 is 0.920 bits per heavy atom. The van der Waals surface area contributed by atoms with Crippen molar-refractivity contribution in [1.82, 2.24) is 4.90 Å². The van der Waals surface area contributed by atoms with E-state index in [-0.39, 0.29) is 17.7 Å². The quantitative estimate of drug-likeness (QED) is 0.505. The number of nitrogens with zero attached hydrogens (tertiary/aromatic N) is 1. The van der Waals surface area contributed by atoms with E-state index in [1.54, 1.807) is 12.2 Å². The number of imide groups is 1. The SMILES string of the molecule is O=C1S/C(=C\C=C\c2ccc(Br)cc2)C(=O)N1Cc1ccc(Br)cc1. The molecule has 1 fully saturated rings. The highest BCUT2D eigenvalue weighted by Crippen LogP contribution is 2.32. The van der Waals surface area contributed by atoms with Crippen LogP contribution in [0.1, 0.15) is 11.1 Å². The second-order valence-electron chi connectivity index (χ2n) is 5.33. The monoisotopic (exact) mass is 477 g/mol. The molecule has 126 valence electrons. The number of allylic oxidation sites excluding steroid dienone is 2. The maximum atomic E-state index is 12.4. The summed E-state index contributed by atoms with van der Waals surface area (Å²) in [4.78, 5) is 26.3. The lowest BCUT2D eigenvalue weighted by molar-refractivity contribution is -0.123. The first kappa shape index (κ1) is 18.2. The normalized spacial score (nSPS) is 16.4. The summed E-state index contributed by atoms with van der Waals surface area (Å²) in [5, 5.41) is -0.240. The summed E-state index contributed by atoms with van der Waals surface area (Å²) in [5.74, 6) is -0.252. The number of hydrogen-bond acceptors (Lipinski definition) is 3. The van der Waals surface area contributed by atoms with Crippen molar-refractivity contribution in [1.29, 1.82) is 0 Å². The van der Waals surface area contributed by atoms with E-state index in [2.05, 4.69) is 31.9 Å². The maximum absolute atomic E-state index is 12.4. The van der Waals surface area contributed by atoms with Crippen LogP contribution < -0.4 is 0 Å². The van der Waals surface area contributed by atoms with Crippen LogP contribution >= 0.6 is 43.6 Å². The predicted octanol–water partition coefficient (Wildman–Crippen LogP) is 6.00. The van der Waals surface area contributed by atoms with E-state index in [9.17, 15) is 9.59 Å². The summed E-state index contributed by atoms with van der Waals surface area (Å²) in [6, 6.07) is 15.4. The van der Waals surface area contributed by atoms with Gasteiger partial charge in [-0.15, -0.1) is 0 Å². The number of carbonyl (C=O) groups is 2. The number of thioether (sulfide) groups is 1. The average molecular weight is 479 g/mol. The fourth-order valence-corrected chi connectivity index (χ4v) is 3.56. The Hall–Kier alpha value is -1.63. The number of hydrogen-bond donors (Lipinski definition) is 0.